The number of benzene rings is 1. The van der Waals surface area contributed by atoms with Gasteiger partial charge in [-0.15, -0.1) is 0 Å². The Kier molecular flexibility index (Phi) is 4.68. The summed E-state index contributed by atoms with van der Waals surface area (Å²) in [7, 11) is 0. The molecule has 0 unspecified atom stereocenters. The second kappa shape index (κ2) is 6.67. The molecule has 110 valence electrons. The maximum absolute atomic E-state index is 11.8. The van der Waals surface area contributed by atoms with Crippen LogP contribution in [0.3, 0.4) is 0 Å². The van der Waals surface area contributed by atoms with Gasteiger partial charge >= 0.3 is 11.9 Å². The van der Waals surface area contributed by atoms with Crippen LogP contribution < -0.4 is 5.73 Å². The summed E-state index contributed by atoms with van der Waals surface area (Å²) in [5, 5.41) is 8.72. The molecule has 21 heavy (non-hydrogen) atoms. The smallest absolute Gasteiger partial charge is 0.374 e. The predicted molar refractivity (Wildman–Crippen MR) is 73.5 cm³/mol. The summed E-state index contributed by atoms with van der Waals surface area (Å²) in [6.45, 7) is 0.143. The molecule has 0 bridgehead atoms. The topological polar surface area (TPSA) is 118 Å². The molecule has 7 nitrogen and oxygen atoms in total. The van der Waals surface area contributed by atoms with Gasteiger partial charge in [0.1, 0.15) is 12.6 Å². The molecule has 0 saturated heterocycles. The van der Waals surface area contributed by atoms with Crippen molar-refractivity contribution in [2.75, 3.05) is 0 Å². The summed E-state index contributed by atoms with van der Waals surface area (Å²) in [5.74, 6) is -1.69. The zero-order valence-electron chi connectivity index (χ0n) is 11.2. The van der Waals surface area contributed by atoms with Crippen molar-refractivity contribution >= 4 is 11.9 Å². The van der Waals surface area contributed by atoms with Crippen molar-refractivity contribution in [1.29, 1.82) is 0 Å². The number of carbonyl (C=O) groups excluding carboxylic acids is 1. The van der Waals surface area contributed by atoms with Crippen molar-refractivity contribution in [2.45, 2.75) is 19.1 Å². The van der Waals surface area contributed by atoms with E-state index in [1.807, 2.05) is 30.3 Å². The molecule has 0 amide bonds. The van der Waals surface area contributed by atoms with E-state index in [1.165, 1.54) is 6.20 Å². The van der Waals surface area contributed by atoms with Gasteiger partial charge < -0.3 is 20.6 Å². The molecule has 7 heteroatoms. The minimum absolute atomic E-state index is 0.0264. The quantitative estimate of drug-likeness (QED) is 0.674. The number of hydrogen-bond donors (Lipinski definition) is 3. The number of rotatable bonds is 6. The van der Waals surface area contributed by atoms with Crippen molar-refractivity contribution in [1.82, 2.24) is 9.97 Å². The third-order valence-electron chi connectivity index (χ3n) is 2.79. The van der Waals surface area contributed by atoms with Crippen LogP contribution in [0.15, 0.2) is 36.5 Å². The molecule has 0 saturated carbocycles. The van der Waals surface area contributed by atoms with E-state index in [0.717, 1.165) is 5.56 Å². The zero-order chi connectivity index (χ0) is 15.2. The summed E-state index contributed by atoms with van der Waals surface area (Å²) in [4.78, 5) is 29.0. The first kappa shape index (κ1) is 14.7. The standard InChI is InChI=1S/C14H15N3O4/c15-11(13(18)19)6-10-7-16-12(17-10)14(20)21-8-9-4-2-1-3-5-9/h1-5,7,11H,6,8,15H2,(H,16,17)(H,18,19)/t11-/m1/s1. The molecule has 2 aromatic rings. The van der Waals surface area contributed by atoms with E-state index in [0.29, 0.717) is 5.69 Å². The first-order valence-electron chi connectivity index (χ1n) is 6.29. The number of hydrogen-bond acceptors (Lipinski definition) is 5. The van der Waals surface area contributed by atoms with Crippen molar-refractivity contribution in [3.05, 3.63) is 53.6 Å². The maximum atomic E-state index is 11.8. The van der Waals surface area contributed by atoms with Crippen LogP contribution in [0.1, 0.15) is 21.9 Å². The summed E-state index contributed by atoms with van der Waals surface area (Å²) in [6, 6.07) is 8.21. The first-order valence-corrected chi connectivity index (χ1v) is 6.29. The Balaban J connectivity index is 1.91. The predicted octanol–water partition coefficient (Wildman–Crippen LogP) is 0.721. The molecule has 0 aliphatic carbocycles. The van der Waals surface area contributed by atoms with E-state index < -0.39 is 18.0 Å². The van der Waals surface area contributed by atoms with Crippen molar-refractivity contribution in [2.24, 2.45) is 5.73 Å². The fourth-order valence-corrected chi connectivity index (χ4v) is 1.68. The Labute approximate surface area is 120 Å². The molecule has 1 aromatic heterocycles. The Morgan fingerprint density at radius 3 is 2.71 bits per heavy atom. The van der Waals surface area contributed by atoms with Gasteiger partial charge in [0, 0.05) is 18.3 Å². The number of esters is 1. The Hall–Kier alpha value is -2.67. The van der Waals surface area contributed by atoms with Gasteiger partial charge in [0.05, 0.1) is 0 Å². The Bertz CT molecular complexity index is 624. The van der Waals surface area contributed by atoms with E-state index in [2.05, 4.69) is 9.97 Å². The van der Waals surface area contributed by atoms with Gasteiger partial charge in [-0.1, -0.05) is 30.3 Å². The fourth-order valence-electron chi connectivity index (χ4n) is 1.68. The third-order valence-corrected chi connectivity index (χ3v) is 2.79. The van der Waals surface area contributed by atoms with Gasteiger partial charge in [-0.25, -0.2) is 9.78 Å². The molecule has 0 aliphatic rings. The Morgan fingerprint density at radius 1 is 1.33 bits per heavy atom. The molecule has 0 radical (unpaired) electrons. The van der Waals surface area contributed by atoms with E-state index in [9.17, 15) is 9.59 Å². The van der Waals surface area contributed by atoms with Crippen LogP contribution in [-0.2, 0) is 22.6 Å². The normalized spacial score (nSPS) is 11.9. The number of aromatic nitrogens is 2. The number of carboxylic acid groups (broad SMARTS) is 1. The lowest BCUT2D eigenvalue weighted by Gasteiger charge is -2.04. The van der Waals surface area contributed by atoms with Gasteiger partial charge in [0.2, 0.25) is 5.82 Å². The fraction of sp³-hybridized carbons (Fsp3) is 0.214. The number of H-pyrrole nitrogens is 1. The number of aromatic amines is 1. The molecule has 0 fully saturated rings. The number of aliphatic carboxylic acids is 1. The molecule has 1 atom stereocenters. The molecule has 1 aromatic carbocycles. The minimum Gasteiger partial charge on any atom is -0.480 e. The Morgan fingerprint density at radius 2 is 2.05 bits per heavy atom. The zero-order valence-corrected chi connectivity index (χ0v) is 11.2. The van der Waals surface area contributed by atoms with Gasteiger partial charge in [0.15, 0.2) is 0 Å². The van der Waals surface area contributed by atoms with Crippen molar-refractivity contribution in [3.8, 4) is 0 Å². The summed E-state index contributed by atoms with van der Waals surface area (Å²) in [5.41, 5.74) is 6.74. The summed E-state index contributed by atoms with van der Waals surface area (Å²) >= 11 is 0. The molecule has 2 rings (SSSR count). The number of ether oxygens (including phenoxy) is 1. The van der Waals surface area contributed by atoms with E-state index >= 15 is 0 Å². The molecule has 1 heterocycles. The number of carbonyl (C=O) groups is 2. The molecule has 0 aliphatic heterocycles. The summed E-state index contributed by atoms with van der Waals surface area (Å²) < 4.78 is 5.10. The van der Waals surface area contributed by atoms with Crippen molar-refractivity contribution < 1.29 is 19.4 Å². The van der Waals surface area contributed by atoms with Crippen LogP contribution in [0.25, 0.3) is 0 Å². The highest BCUT2D eigenvalue weighted by atomic mass is 16.5. The van der Waals surface area contributed by atoms with Crippen LogP contribution in [-0.4, -0.2) is 33.1 Å². The number of nitrogens with one attached hydrogen (secondary N) is 1. The number of carboxylic acids is 1. The highest BCUT2D eigenvalue weighted by molar-refractivity contribution is 5.85. The van der Waals surface area contributed by atoms with Crippen LogP contribution in [0.2, 0.25) is 0 Å². The minimum atomic E-state index is -1.11. The average molecular weight is 289 g/mol. The van der Waals surface area contributed by atoms with Gasteiger partial charge in [0.25, 0.3) is 0 Å². The SMILES string of the molecule is N[C@H](Cc1cnc(C(=O)OCc2ccccc2)[nH]1)C(=O)O. The van der Waals surface area contributed by atoms with Gasteiger partial charge in [-0.2, -0.15) is 0 Å². The number of imidazole rings is 1. The average Bonchev–Trinajstić information content (AvgIpc) is 2.94. The second-order valence-corrected chi connectivity index (χ2v) is 4.47. The van der Waals surface area contributed by atoms with Crippen molar-refractivity contribution in [3.63, 3.8) is 0 Å². The lowest BCUT2D eigenvalue weighted by molar-refractivity contribution is -0.138. The molecule has 0 spiro atoms. The maximum Gasteiger partial charge on any atom is 0.374 e. The summed E-state index contributed by atoms with van der Waals surface area (Å²) in [6.07, 6.45) is 1.44. The van der Waals surface area contributed by atoms with Crippen LogP contribution in [0.5, 0.6) is 0 Å². The molecular formula is C14H15N3O4. The highest BCUT2D eigenvalue weighted by Gasteiger charge is 2.16. The largest absolute Gasteiger partial charge is 0.480 e. The van der Waals surface area contributed by atoms with Gasteiger partial charge in [-0.05, 0) is 5.56 Å². The van der Waals surface area contributed by atoms with E-state index in [-0.39, 0.29) is 18.9 Å². The van der Waals surface area contributed by atoms with Crippen LogP contribution in [0, 0.1) is 0 Å². The second-order valence-electron chi connectivity index (χ2n) is 4.47. The number of nitrogens with two attached hydrogens (primary N) is 1. The van der Waals surface area contributed by atoms with E-state index in [1.54, 1.807) is 0 Å². The lowest BCUT2D eigenvalue weighted by Crippen LogP contribution is -2.32. The molecular weight excluding hydrogens is 274 g/mol. The first-order chi connectivity index (χ1) is 10.1. The highest BCUT2D eigenvalue weighted by Crippen LogP contribution is 2.05. The number of nitrogens with zero attached hydrogens (tertiary/aromatic N) is 1. The van der Waals surface area contributed by atoms with E-state index in [4.69, 9.17) is 15.6 Å². The lowest BCUT2D eigenvalue weighted by atomic mass is 10.2. The molecule has 4 N–H and O–H groups in total. The third kappa shape index (κ3) is 4.15. The van der Waals surface area contributed by atoms with Crippen LogP contribution in [0.4, 0.5) is 0 Å². The van der Waals surface area contributed by atoms with Gasteiger partial charge in [-0.3, -0.25) is 4.79 Å². The monoisotopic (exact) mass is 289 g/mol. The van der Waals surface area contributed by atoms with Crippen LogP contribution >= 0.6 is 0 Å².